The Bertz CT molecular complexity index is 821. The lowest BCUT2D eigenvalue weighted by Gasteiger charge is -2.08. The molecule has 0 bridgehead atoms. The van der Waals surface area contributed by atoms with Crippen molar-refractivity contribution >= 4 is 35.0 Å². The van der Waals surface area contributed by atoms with E-state index in [-0.39, 0.29) is 17.1 Å². The summed E-state index contributed by atoms with van der Waals surface area (Å²) in [5.41, 5.74) is 2.89. The summed E-state index contributed by atoms with van der Waals surface area (Å²) < 4.78 is 4.97. The number of nitrogens with zero attached hydrogens (tertiary/aromatic N) is 1. The summed E-state index contributed by atoms with van der Waals surface area (Å²) in [5, 5.41) is 13.3. The van der Waals surface area contributed by atoms with E-state index in [1.165, 1.54) is 12.3 Å². The van der Waals surface area contributed by atoms with Crippen LogP contribution in [-0.2, 0) is 16.1 Å². The zero-order valence-corrected chi connectivity index (χ0v) is 13.2. The van der Waals surface area contributed by atoms with Crippen molar-refractivity contribution in [3.63, 3.8) is 0 Å². The van der Waals surface area contributed by atoms with Gasteiger partial charge in [0.2, 0.25) is 0 Å². The van der Waals surface area contributed by atoms with Crippen LogP contribution in [-0.4, -0.2) is 22.6 Å². The highest BCUT2D eigenvalue weighted by Crippen LogP contribution is 2.22. The van der Waals surface area contributed by atoms with Crippen LogP contribution in [0.2, 0.25) is 5.02 Å². The average molecular weight is 367 g/mol. The highest BCUT2D eigenvalue weighted by molar-refractivity contribution is 6.35. The molecule has 1 aromatic heterocycles. The normalized spacial score (nSPS) is 9.96. The summed E-state index contributed by atoms with van der Waals surface area (Å²) in [6, 6.07) is 6.57. The maximum atomic E-state index is 12.0. The van der Waals surface area contributed by atoms with E-state index >= 15 is 0 Å². The van der Waals surface area contributed by atoms with Gasteiger partial charge in [-0.15, -0.1) is 0 Å². The summed E-state index contributed by atoms with van der Waals surface area (Å²) >= 11 is 5.71. The van der Waals surface area contributed by atoms with Crippen LogP contribution in [0.5, 0.6) is 0 Å². The van der Waals surface area contributed by atoms with Gasteiger partial charge in [-0.1, -0.05) is 11.6 Å². The highest BCUT2D eigenvalue weighted by atomic mass is 35.5. The minimum Gasteiger partial charge on any atom is -0.467 e. The second kappa shape index (κ2) is 7.93. The van der Waals surface area contributed by atoms with E-state index in [9.17, 15) is 24.5 Å². The van der Waals surface area contributed by atoms with Crippen molar-refractivity contribution in [2.24, 2.45) is 0 Å². The zero-order valence-electron chi connectivity index (χ0n) is 12.4. The molecule has 0 spiro atoms. The number of carbonyl (C=O) groups is 3. The number of hydrazine groups is 1. The number of nitro groups is 1. The van der Waals surface area contributed by atoms with Crippen molar-refractivity contribution in [2.45, 2.75) is 6.54 Å². The molecule has 2 rings (SSSR count). The quantitative estimate of drug-likeness (QED) is 0.417. The van der Waals surface area contributed by atoms with E-state index < -0.39 is 28.3 Å². The molecule has 25 heavy (non-hydrogen) atoms. The lowest BCUT2D eigenvalue weighted by Crippen LogP contribution is -2.48. The van der Waals surface area contributed by atoms with E-state index in [1.807, 2.05) is 10.9 Å². The molecule has 10 nitrogen and oxygen atoms in total. The third kappa shape index (κ3) is 4.78. The van der Waals surface area contributed by atoms with E-state index in [1.54, 1.807) is 12.1 Å². The molecule has 0 saturated heterocycles. The summed E-state index contributed by atoms with van der Waals surface area (Å²) in [6.45, 7) is -0.0209. The van der Waals surface area contributed by atoms with Gasteiger partial charge in [0.05, 0.1) is 17.7 Å². The van der Waals surface area contributed by atoms with E-state index in [4.69, 9.17) is 16.0 Å². The van der Waals surface area contributed by atoms with Gasteiger partial charge < -0.3 is 9.73 Å². The third-order valence-corrected chi connectivity index (χ3v) is 3.13. The Morgan fingerprint density at radius 2 is 1.92 bits per heavy atom. The first-order valence-corrected chi connectivity index (χ1v) is 7.11. The first-order valence-electron chi connectivity index (χ1n) is 6.73. The second-order valence-corrected chi connectivity index (χ2v) is 5.03. The molecule has 0 atom stereocenters. The number of nitrogens with one attached hydrogen (secondary N) is 3. The number of hydrogen-bond donors (Lipinski definition) is 3. The van der Waals surface area contributed by atoms with Gasteiger partial charge in [-0.2, -0.15) is 0 Å². The molecule has 3 amide bonds. The summed E-state index contributed by atoms with van der Waals surface area (Å²) in [7, 11) is 0. The molecular weight excluding hydrogens is 356 g/mol. The van der Waals surface area contributed by atoms with E-state index in [0.29, 0.717) is 5.76 Å². The molecule has 0 unspecified atom stereocenters. The predicted molar refractivity (Wildman–Crippen MR) is 84.3 cm³/mol. The fourth-order valence-corrected chi connectivity index (χ4v) is 1.92. The summed E-state index contributed by atoms with van der Waals surface area (Å²) in [5.74, 6) is -2.76. The maximum Gasteiger partial charge on any atom is 0.327 e. The van der Waals surface area contributed by atoms with Crippen LogP contribution in [0.25, 0.3) is 0 Å². The van der Waals surface area contributed by atoms with Gasteiger partial charge in [-0.05, 0) is 24.3 Å². The van der Waals surface area contributed by atoms with Crippen molar-refractivity contribution in [1.29, 1.82) is 0 Å². The van der Waals surface area contributed by atoms with Crippen LogP contribution < -0.4 is 16.2 Å². The molecule has 11 heteroatoms. The standard InChI is InChI=1S/C14H11ClN4O6/c15-8-3-4-11(19(23)24)10(6-8)12(20)17-18-14(22)13(21)16-7-9-2-1-5-25-9/h1-6H,7H2,(H,16,21)(H,17,20)(H,18,22). The average Bonchev–Trinajstić information content (AvgIpc) is 3.10. The predicted octanol–water partition coefficient (Wildman–Crippen LogP) is 0.919. The van der Waals surface area contributed by atoms with Crippen molar-refractivity contribution in [3.8, 4) is 0 Å². The molecule has 1 heterocycles. The van der Waals surface area contributed by atoms with Crippen LogP contribution in [0.1, 0.15) is 16.1 Å². The number of benzene rings is 1. The number of furan rings is 1. The fourth-order valence-electron chi connectivity index (χ4n) is 1.75. The van der Waals surface area contributed by atoms with Gasteiger partial charge in [0, 0.05) is 11.1 Å². The Kier molecular flexibility index (Phi) is 5.69. The molecule has 0 saturated carbocycles. The molecule has 0 aliphatic rings. The highest BCUT2D eigenvalue weighted by Gasteiger charge is 2.22. The minimum absolute atomic E-state index is 0.0209. The van der Waals surface area contributed by atoms with Crippen molar-refractivity contribution in [1.82, 2.24) is 16.2 Å². The first-order chi connectivity index (χ1) is 11.9. The van der Waals surface area contributed by atoms with Crippen molar-refractivity contribution in [2.75, 3.05) is 0 Å². The van der Waals surface area contributed by atoms with Crippen molar-refractivity contribution < 1.29 is 23.7 Å². The molecule has 0 aliphatic carbocycles. The van der Waals surface area contributed by atoms with Crippen LogP contribution in [0, 0.1) is 10.1 Å². The smallest absolute Gasteiger partial charge is 0.327 e. The topological polar surface area (TPSA) is 144 Å². The van der Waals surface area contributed by atoms with Crippen LogP contribution in [0.3, 0.4) is 0 Å². The van der Waals surface area contributed by atoms with Gasteiger partial charge in [0.25, 0.3) is 11.6 Å². The van der Waals surface area contributed by atoms with Gasteiger partial charge in [0.15, 0.2) is 0 Å². The Morgan fingerprint density at radius 1 is 1.16 bits per heavy atom. The SMILES string of the molecule is O=C(NCc1ccco1)C(=O)NNC(=O)c1cc(Cl)ccc1[N+](=O)[O-]. The number of hydrogen-bond acceptors (Lipinski definition) is 6. The minimum atomic E-state index is -1.16. The van der Waals surface area contributed by atoms with E-state index in [0.717, 1.165) is 12.1 Å². The Balaban J connectivity index is 1.93. The zero-order chi connectivity index (χ0) is 18.4. The molecule has 3 N–H and O–H groups in total. The van der Waals surface area contributed by atoms with Crippen LogP contribution in [0.4, 0.5) is 5.69 Å². The molecule has 0 aliphatic heterocycles. The molecule has 0 radical (unpaired) electrons. The molecule has 130 valence electrons. The lowest BCUT2D eigenvalue weighted by molar-refractivity contribution is -0.385. The molecular formula is C14H11ClN4O6. The second-order valence-electron chi connectivity index (χ2n) is 4.59. The fraction of sp³-hybridized carbons (Fsp3) is 0.0714. The van der Waals surface area contributed by atoms with E-state index in [2.05, 4.69) is 5.32 Å². The maximum absolute atomic E-state index is 12.0. The number of amides is 3. The monoisotopic (exact) mass is 366 g/mol. The van der Waals surface area contributed by atoms with Gasteiger partial charge >= 0.3 is 11.8 Å². The molecule has 0 fully saturated rings. The number of rotatable bonds is 4. The van der Waals surface area contributed by atoms with Crippen molar-refractivity contribution in [3.05, 3.63) is 63.1 Å². The van der Waals surface area contributed by atoms with Gasteiger partial charge in [-0.25, -0.2) is 0 Å². The number of carbonyl (C=O) groups excluding carboxylic acids is 3. The lowest BCUT2D eigenvalue weighted by atomic mass is 10.2. The third-order valence-electron chi connectivity index (χ3n) is 2.90. The first kappa shape index (κ1) is 17.9. The summed E-state index contributed by atoms with van der Waals surface area (Å²) in [4.78, 5) is 45.3. The Hall–Kier alpha value is -3.40. The van der Waals surface area contributed by atoms with Gasteiger partial charge in [0.1, 0.15) is 11.3 Å². The Morgan fingerprint density at radius 3 is 2.56 bits per heavy atom. The number of nitro benzene ring substituents is 1. The van der Waals surface area contributed by atoms with Crippen LogP contribution in [0.15, 0.2) is 41.0 Å². The number of halogens is 1. The molecule has 1 aromatic carbocycles. The largest absolute Gasteiger partial charge is 0.467 e. The van der Waals surface area contributed by atoms with Gasteiger partial charge in [-0.3, -0.25) is 35.3 Å². The summed E-state index contributed by atoms with van der Waals surface area (Å²) in [6.07, 6.45) is 1.40. The van der Waals surface area contributed by atoms with Crippen LogP contribution >= 0.6 is 11.6 Å². The molecule has 2 aromatic rings. The Labute approximate surface area is 145 Å².